The SMILES string of the molecule is Cc1noc(CNc2ccccc2C(=O)N2CCCC[C@H]2CCO)n1. The summed E-state index contributed by atoms with van der Waals surface area (Å²) < 4.78 is 5.10. The van der Waals surface area contributed by atoms with Gasteiger partial charge < -0.3 is 19.8 Å². The van der Waals surface area contributed by atoms with Gasteiger partial charge in [-0.25, -0.2) is 0 Å². The first-order valence-electron chi connectivity index (χ1n) is 8.73. The van der Waals surface area contributed by atoms with Crippen LogP contribution >= 0.6 is 0 Å². The van der Waals surface area contributed by atoms with Crippen LogP contribution in [0.4, 0.5) is 5.69 Å². The quantitative estimate of drug-likeness (QED) is 0.836. The van der Waals surface area contributed by atoms with Gasteiger partial charge in [-0.1, -0.05) is 17.3 Å². The van der Waals surface area contributed by atoms with E-state index in [9.17, 15) is 9.90 Å². The molecule has 2 aromatic rings. The zero-order valence-electron chi connectivity index (χ0n) is 14.4. The van der Waals surface area contributed by atoms with E-state index in [1.54, 1.807) is 6.92 Å². The molecule has 25 heavy (non-hydrogen) atoms. The lowest BCUT2D eigenvalue weighted by Gasteiger charge is -2.36. The molecule has 0 radical (unpaired) electrons. The Morgan fingerprint density at radius 1 is 1.40 bits per heavy atom. The Balaban J connectivity index is 1.75. The summed E-state index contributed by atoms with van der Waals surface area (Å²) in [5, 5.41) is 16.3. The molecule has 134 valence electrons. The summed E-state index contributed by atoms with van der Waals surface area (Å²) in [5.74, 6) is 1.07. The number of nitrogens with zero attached hydrogens (tertiary/aromatic N) is 3. The zero-order chi connectivity index (χ0) is 17.6. The molecule has 1 aromatic carbocycles. The number of benzene rings is 1. The highest BCUT2D eigenvalue weighted by atomic mass is 16.5. The molecule has 0 saturated carbocycles. The van der Waals surface area contributed by atoms with E-state index in [0.717, 1.165) is 31.5 Å². The van der Waals surface area contributed by atoms with Crippen molar-refractivity contribution in [3.63, 3.8) is 0 Å². The Hall–Kier alpha value is -2.41. The van der Waals surface area contributed by atoms with E-state index in [1.807, 2.05) is 29.2 Å². The Bertz CT molecular complexity index is 714. The molecule has 1 atom stereocenters. The molecule has 7 nitrogen and oxygen atoms in total. The lowest BCUT2D eigenvalue weighted by Crippen LogP contribution is -2.44. The van der Waals surface area contributed by atoms with Crippen LogP contribution in [-0.2, 0) is 6.54 Å². The molecule has 1 amide bonds. The molecule has 0 aliphatic carbocycles. The van der Waals surface area contributed by atoms with Crippen LogP contribution in [0.1, 0.15) is 47.8 Å². The Morgan fingerprint density at radius 3 is 3.00 bits per heavy atom. The van der Waals surface area contributed by atoms with E-state index in [0.29, 0.717) is 30.2 Å². The van der Waals surface area contributed by atoms with Crippen molar-refractivity contribution in [2.24, 2.45) is 0 Å². The molecule has 2 heterocycles. The minimum atomic E-state index is 0.00274. The number of hydrogen-bond donors (Lipinski definition) is 2. The first-order valence-corrected chi connectivity index (χ1v) is 8.73. The number of carbonyl (C=O) groups is 1. The van der Waals surface area contributed by atoms with Crippen molar-refractivity contribution in [2.45, 2.75) is 45.2 Å². The Labute approximate surface area is 147 Å². The van der Waals surface area contributed by atoms with E-state index in [-0.39, 0.29) is 18.6 Å². The van der Waals surface area contributed by atoms with Gasteiger partial charge in [0.15, 0.2) is 5.82 Å². The molecule has 0 spiro atoms. The van der Waals surface area contributed by atoms with Gasteiger partial charge >= 0.3 is 0 Å². The number of anilines is 1. The van der Waals surface area contributed by atoms with Gasteiger partial charge in [-0.2, -0.15) is 4.98 Å². The van der Waals surface area contributed by atoms with Crippen molar-refractivity contribution in [3.05, 3.63) is 41.5 Å². The first kappa shape index (κ1) is 17.4. The van der Waals surface area contributed by atoms with Gasteiger partial charge in [0.2, 0.25) is 5.89 Å². The van der Waals surface area contributed by atoms with Crippen LogP contribution in [-0.4, -0.2) is 45.2 Å². The number of amides is 1. The number of aryl methyl sites for hydroxylation is 1. The molecule has 2 N–H and O–H groups in total. The summed E-state index contributed by atoms with van der Waals surface area (Å²) >= 11 is 0. The average Bonchev–Trinajstić information content (AvgIpc) is 3.06. The van der Waals surface area contributed by atoms with Gasteiger partial charge in [0, 0.05) is 24.9 Å². The maximum Gasteiger partial charge on any atom is 0.256 e. The molecule has 0 bridgehead atoms. The molecule has 7 heteroatoms. The largest absolute Gasteiger partial charge is 0.396 e. The number of aromatic nitrogens is 2. The number of nitrogens with one attached hydrogen (secondary N) is 1. The predicted octanol–water partition coefficient (Wildman–Crippen LogP) is 2.37. The number of para-hydroxylation sites is 1. The van der Waals surface area contributed by atoms with Gasteiger partial charge in [-0.15, -0.1) is 0 Å². The number of aliphatic hydroxyl groups is 1. The lowest BCUT2D eigenvalue weighted by atomic mass is 9.98. The summed E-state index contributed by atoms with van der Waals surface area (Å²) in [7, 11) is 0. The van der Waals surface area contributed by atoms with Crippen LogP contribution in [0.5, 0.6) is 0 Å². The summed E-state index contributed by atoms with van der Waals surface area (Å²) in [6, 6.07) is 7.56. The van der Waals surface area contributed by atoms with Crippen molar-refractivity contribution >= 4 is 11.6 Å². The lowest BCUT2D eigenvalue weighted by molar-refractivity contribution is 0.0575. The topological polar surface area (TPSA) is 91.5 Å². The third kappa shape index (κ3) is 4.17. The van der Waals surface area contributed by atoms with Crippen molar-refractivity contribution in [1.82, 2.24) is 15.0 Å². The van der Waals surface area contributed by atoms with Crippen LogP contribution in [0, 0.1) is 6.92 Å². The second-order valence-electron chi connectivity index (χ2n) is 6.29. The van der Waals surface area contributed by atoms with Crippen LogP contribution in [0.3, 0.4) is 0 Å². The summed E-state index contributed by atoms with van der Waals surface area (Å²) in [6.07, 6.45) is 3.68. The summed E-state index contributed by atoms with van der Waals surface area (Å²) in [5.41, 5.74) is 1.38. The number of rotatable bonds is 6. The van der Waals surface area contributed by atoms with Gasteiger partial charge in [0.05, 0.1) is 12.1 Å². The van der Waals surface area contributed by atoms with Crippen LogP contribution in [0.15, 0.2) is 28.8 Å². The third-order valence-corrected chi connectivity index (χ3v) is 4.51. The number of carbonyl (C=O) groups excluding carboxylic acids is 1. The zero-order valence-corrected chi connectivity index (χ0v) is 14.4. The minimum Gasteiger partial charge on any atom is -0.396 e. The highest BCUT2D eigenvalue weighted by Gasteiger charge is 2.28. The minimum absolute atomic E-state index is 0.00274. The smallest absolute Gasteiger partial charge is 0.256 e. The highest BCUT2D eigenvalue weighted by molar-refractivity contribution is 5.99. The molecule has 1 saturated heterocycles. The molecule has 1 aliphatic heterocycles. The van der Waals surface area contributed by atoms with E-state index in [2.05, 4.69) is 15.5 Å². The number of aliphatic hydroxyl groups excluding tert-OH is 1. The number of piperidine rings is 1. The van der Waals surface area contributed by atoms with Crippen molar-refractivity contribution < 1.29 is 14.4 Å². The van der Waals surface area contributed by atoms with E-state index in [1.165, 1.54) is 0 Å². The Kier molecular flexibility index (Phi) is 5.65. The van der Waals surface area contributed by atoms with Gasteiger partial charge in [0.25, 0.3) is 5.91 Å². The molecule has 1 aliphatic rings. The van der Waals surface area contributed by atoms with Crippen LogP contribution < -0.4 is 5.32 Å². The molecule has 0 unspecified atom stereocenters. The van der Waals surface area contributed by atoms with Gasteiger partial charge in [-0.3, -0.25) is 4.79 Å². The summed E-state index contributed by atoms with van der Waals surface area (Å²) in [4.78, 5) is 19.1. The standard InChI is InChI=1S/C18H24N4O3/c1-13-20-17(25-21-13)12-19-16-8-3-2-7-15(16)18(24)22-10-5-4-6-14(22)9-11-23/h2-3,7-8,14,19,23H,4-6,9-12H2,1H3/t14-/m0/s1. The van der Waals surface area contributed by atoms with Crippen LogP contribution in [0.25, 0.3) is 0 Å². The number of likely N-dealkylation sites (tertiary alicyclic amines) is 1. The molecular weight excluding hydrogens is 320 g/mol. The first-order chi connectivity index (χ1) is 12.2. The van der Waals surface area contributed by atoms with Crippen molar-refractivity contribution in [1.29, 1.82) is 0 Å². The van der Waals surface area contributed by atoms with Crippen molar-refractivity contribution in [3.8, 4) is 0 Å². The predicted molar refractivity (Wildman–Crippen MR) is 93.2 cm³/mol. The number of hydrogen-bond acceptors (Lipinski definition) is 6. The highest BCUT2D eigenvalue weighted by Crippen LogP contribution is 2.25. The maximum atomic E-state index is 13.1. The fourth-order valence-corrected chi connectivity index (χ4v) is 3.28. The van der Waals surface area contributed by atoms with E-state index < -0.39 is 0 Å². The van der Waals surface area contributed by atoms with E-state index in [4.69, 9.17) is 4.52 Å². The normalized spacial score (nSPS) is 17.5. The fraction of sp³-hybridized carbons (Fsp3) is 0.500. The molecule has 1 aromatic heterocycles. The fourth-order valence-electron chi connectivity index (χ4n) is 3.28. The average molecular weight is 344 g/mol. The van der Waals surface area contributed by atoms with E-state index >= 15 is 0 Å². The molecular formula is C18H24N4O3. The third-order valence-electron chi connectivity index (χ3n) is 4.51. The van der Waals surface area contributed by atoms with Crippen molar-refractivity contribution in [2.75, 3.05) is 18.5 Å². The summed E-state index contributed by atoms with van der Waals surface area (Å²) in [6.45, 7) is 2.97. The second-order valence-corrected chi connectivity index (χ2v) is 6.29. The van der Waals surface area contributed by atoms with Crippen LogP contribution in [0.2, 0.25) is 0 Å². The maximum absolute atomic E-state index is 13.1. The molecule has 3 rings (SSSR count). The second kappa shape index (κ2) is 8.11. The Morgan fingerprint density at radius 2 is 2.24 bits per heavy atom. The van der Waals surface area contributed by atoms with Gasteiger partial charge in [0.1, 0.15) is 0 Å². The molecule has 1 fully saturated rings. The van der Waals surface area contributed by atoms with Gasteiger partial charge in [-0.05, 0) is 44.7 Å². The monoisotopic (exact) mass is 344 g/mol.